The van der Waals surface area contributed by atoms with Crippen molar-refractivity contribution in [3.8, 4) is 0 Å². The summed E-state index contributed by atoms with van der Waals surface area (Å²) in [6.45, 7) is 0. The molecular weight excluding hydrogens is 222 g/mol. The third-order valence-electron chi connectivity index (χ3n) is 2.35. The van der Waals surface area contributed by atoms with Gasteiger partial charge in [0.25, 0.3) is 0 Å². The van der Waals surface area contributed by atoms with E-state index in [0.29, 0.717) is 11.1 Å². The Morgan fingerprint density at radius 3 is 2.59 bits per heavy atom. The topological polar surface area (TPSA) is 78.6 Å². The van der Waals surface area contributed by atoms with Gasteiger partial charge < -0.3 is 15.2 Å². The summed E-state index contributed by atoms with van der Waals surface area (Å²) in [6.07, 6.45) is 0.0706. The minimum atomic E-state index is -0.493. The van der Waals surface area contributed by atoms with Crippen molar-refractivity contribution in [2.75, 3.05) is 14.2 Å². The van der Waals surface area contributed by atoms with Gasteiger partial charge in [-0.2, -0.15) is 0 Å². The maximum Gasteiger partial charge on any atom is 0.337 e. The van der Waals surface area contributed by atoms with Crippen molar-refractivity contribution in [3.63, 3.8) is 0 Å². The van der Waals surface area contributed by atoms with Crippen LogP contribution in [0.3, 0.4) is 0 Å². The molecule has 1 atom stereocenters. The number of hydrogen-bond acceptors (Lipinski definition) is 5. The maximum absolute atomic E-state index is 11.3. The molecule has 0 aliphatic heterocycles. The minimum Gasteiger partial charge on any atom is -0.469 e. The van der Waals surface area contributed by atoms with Gasteiger partial charge in [-0.25, -0.2) is 4.79 Å². The molecule has 0 saturated heterocycles. The molecule has 0 unspecified atom stereocenters. The smallest absolute Gasteiger partial charge is 0.337 e. The minimum absolute atomic E-state index is 0.0706. The predicted octanol–water partition coefficient (Wildman–Crippen LogP) is 1.04. The van der Waals surface area contributed by atoms with E-state index >= 15 is 0 Å². The van der Waals surface area contributed by atoms with Gasteiger partial charge in [-0.1, -0.05) is 12.1 Å². The van der Waals surface area contributed by atoms with E-state index in [1.165, 1.54) is 14.2 Å². The zero-order valence-corrected chi connectivity index (χ0v) is 9.80. The van der Waals surface area contributed by atoms with Crippen LogP contribution in [0, 0.1) is 0 Å². The van der Waals surface area contributed by atoms with Crippen molar-refractivity contribution in [2.24, 2.45) is 5.73 Å². The van der Waals surface area contributed by atoms with Crippen LogP contribution in [0.2, 0.25) is 0 Å². The number of benzene rings is 1. The molecular formula is C12H15NO4. The molecule has 17 heavy (non-hydrogen) atoms. The molecule has 0 spiro atoms. The van der Waals surface area contributed by atoms with Crippen LogP contribution >= 0.6 is 0 Å². The summed E-state index contributed by atoms with van der Waals surface area (Å²) in [7, 11) is 2.61. The van der Waals surface area contributed by atoms with E-state index in [-0.39, 0.29) is 12.4 Å². The van der Waals surface area contributed by atoms with Gasteiger partial charge in [-0.15, -0.1) is 0 Å². The second kappa shape index (κ2) is 6.00. The van der Waals surface area contributed by atoms with Crippen LogP contribution in [-0.4, -0.2) is 26.2 Å². The largest absolute Gasteiger partial charge is 0.469 e. The Balaban J connectivity index is 2.84. The fourth-order valence-corrected chi connectivity index (χ4v) is 1.39. The van der Waals surface area contributed by atoms with Crippen LogP contribution in [-0.2, 0) is 14.3 Å². The lowest BCUT2D eigenvalue weighted by atomic mass is 10.0. The first-order chi connectivity index (χ1) is 8.08. The number of rotatable bonds is 4. The van der Waals surface area contributed by atoms with E-state index < -0.39 is 12.0 Å². The van der Waals surface area contributed by atoms with E-state index in [0.717, 1.165) is 0 Å². The highest BCUT2D eigenvalue weighted by Gasteiger charge is 2.14. The van der Waals surface area contributed by atoms with Crippen LogP contribution in [0.5, 0.6) is 0 Å². The standard InChI is InChI=1S/C12H15NO4/c1-16-11(14)7-10(13)8-4-3-5-9(6-8)12(15)17-2/h3-6,10H,7,13H2,1-2H3/t10-/m1/s1. The zero-order chi connectivity index (χ0) is 12.8. The van der Waals surface area contributed by atoms with Gasteiger partial charge in [-0.05, 0) is 17.7 Å². The lowest BCUT2D eigenvalue weighted by Gasteiger charge is -2.11. The highest BCUT2D eigenvalue weighted by molar-refractivity contribution is 5.89. The molecule has 0 aliphatic carbocycles. The summed E-state index contributed by atoms with van der Waals surface area (Å²) >= 11 is 0. The summed E-state index contributed by atoms with van der Waals surface area (Å²) < 4.78 is 9.13. The van der Waals surface area contributed by atoms with Crippen LogP contribution < -0.4 is 5.73 Å². The highest BCUT2D eigenvalue weighted by Crippen LogP contribution is 2.16. The van der Waals surface area contributed by atoms with E-state index in [4.69, 9.17) is 5.73 Å². The van der Waals surface area contributed by atoms with Crippen molar-refractivity contribution < 1.29 is 19.1 Å². The fraction of sp³-hybridized carbons (Fsp3) is 0.333. The molecule has 0 radical (unpaired) electrons. The van der Waals surface area contributed by atoms with Gasteiger partial charge in [0.1, 0.15) is 0 Å². The quantitative estimate of drug-likeness (QED) is 0.791. The molecule has 1 rings (SSSR count). The third-order valence-corrected chi connectivity index (χ3v) is 2.35. The summed E-state index contributed by atoms with van der Waals surface area (Å²) in [4.78, 5) is 22.4. The predicted molar refractivity (Wildman–Crippen MR) is 61.3 cm³/mol. The summed E-state index contributed by atoms with van der Waals surface area (Å²) in [5, 5.41) is 0. The van der Waals surface area contributed by atoms with E-state index in [1.54, 1.807) is 24.3 Å². The number of ether oxygens (including phenoxy) is 2. The first kappa shape index (κ1) is 13.2. The van der Waals surface area contributed by atoms with E-state index in [9.17, 15) is 9.59 Å². The number of carbonyl (C=O) groups is 2. The maximum atomic E-state index is 11.3. The average Bonchev–Trinajstić information content (AvgIpc) is 2.37. The Hall–Kier alpha value is -1.88. The van der Waals surface area contributed by atoms with Gasteiger partial charge in [0, 0.05) is 6.04 Å². The van der Waals surface area contributed by atoms with Crippen LogP contribution in [0.1, 0.15) is 28.4 Å². The van der Waals surface area contributed by atoms with Crippen molar-refractivity contribution in [3.05, 3.63) is 35.4 Å². The molecule has 92 valence electrons. The lowest BCUT2D eigenvalue weighted by Crippen LogP contribution is -2.16. The Morgan fingerprint density at radius 1 is 1.29 bits per heavy atom. The molecule has 2 N–H and O–H groups in total. The van der Waals surface area contributed by atoms with Gasteiger partial charge in [-0.3, -0.25) is 4.79 Å². The summed E-state index contributed by atoms with van der Waals surface area (Å²) in [5.74, 6) is -0.821. The number of hydrogen-bond donors (Lipinski definition) is 1. The van der Waals surface area contributed by atoms with Crippen LogP contribution in [0.15, 0.2) is 24.3 Å². The number of methoxy groups -OCH3 is 2. The molecule has 0 heterocycles. The van der Waals surface area contributed by atoms with Crippen LogP contribution in [0.25, 0.3) is 0 Å². The van der Waals surface area contributed by atoms with Crippen molar-refractivity contribution in [2.45, 2.75) is 12.5 Å². The molecule has 5 heteroatoms. The van der Waals surface area contributed by atoms with Crippen molar-refractivity contribution >= 4 is 11.9 Å². The Bertz CT molecular complexity index is 417. The number of esters is 2. The zero-order valence-electron chi connectivity index (χ0n) is 9.80. The molecule has 0 aromatic heterocycles. The monoisotopic (exact) mass is 237 g/mol. The van der Waals surface area contributed by atoms with Gasteiger partial charge in [0.15, 0.2) is 0 Å². The molecule has 0 fully saturated rings. The van der Waals surface area contributed by atoms with Crippen LogP contribution in [0.4, 0.5) is 0 Å². The lowest BCUT2D eigenvalue weighted by molar-refractivity contribution is -0.141. The van der Waals surface area contributed by atoms with Gasteiger partial charge in [0.2, 0.25) is 0 Å². The molecule has 0 saturated carbocycles. The second-order valence-electron chi connectivity index (χ2n) is 3.50. The number of carbonyl (C=O) groups excluding carboxylic acids is 2. The summed E-state index contributed by atoms with van der Waals surface area (Å²) in [5.41, 5.74) is 6.93. The van der Waals surface area contributed by atoms with Crippen molar-refractivity contribution in [1.82, 2.24) is 0 Å². The molecule has 5 nitrogen and oxygen atoms in total. The third kappa shape index (κ3) is 3.57. The molecule has 0 aliphatic rings. The molecule has 1 aromatic rings. The Kier molecular flexibility index (Phi) is 4.66. The van der Waals surface area contributed by atoms with Gasteiger partial charge in [0.05, 0.1) is 26.2 Å². The average molecular weight is 237 g/mol. The Labute approximate surface area is 99.5 Å². The van der Waals surface area contributed by atoms with E-state index in [2.05, 4.69) is 9.47 Å². The van der Waals surface area contributed by atoms with Gasteiger partial charge >= 0.3 is 11.9 Å². The SMILES string of the molecule is COC(=O)C[C@@H](N)c1cccc(C(=O)OC)c1. The van der Waals surface area contributed by atoms with E-state index in [1.807, 2.05) is 0 Å². The first-order valence-electron chi connectivity index (χ1n) is 5.09. The molecule has 1 aromatic carbocycles. The highest BCUT2D eigenvalue weighted by atomic mass is 16.5. The first-order valence-corrected chi connectivity index (χ1v) is 5.09. The summed E-state index contributed by atoms with van der Waals surface area (Å²) in [6, 6.07) is 6.19. The molecule has 0 bridgehead atoms. The normalized spacial score (nSPS) is 11.7. The number of nitrogens with two attached hydrogens (primary N) is 1. The Morgan fingerprint density at radius 2 is 2.00 bits per heavy atom. The second-order valence-corrected chi connectivity index (χ2v) is 3.50. The fourth-order valence-electron chi connectivity index (χ4n) is 1.39. The molecule has 0 amide bonds. The van der Waals surface area contributed by atoms with Crippen molar-refractivity contribution in [1.29, 1.82) is 0 Å².